The molecule has 2 aromatic rings. The van der Waals surface area contributed by atoms with Crippen LogP contribution in [-0.2, 0) is 11.8 Å². The van der Waals surface area contributed by atoms with Gasteiger partial charge in [-0.15, -0.1) is 0 Å². The number of carbonyl (C=O) groups is 2. The molecule has 6 nitrogen and oxygen atoms in total. The molecule has 2 rings (SSSR count). The van der Waals surface area contributed by atoms with Gasteiger partial charge in [0.15, 0.2) is 0 Å². The van der Waals surface area contributed by atoms with E-state index >= 15 is 0 Å². The zero-order chi connectivity index (χ0) is 16.3. The molecule has 1 atom stereocenters. The Morgan fingerprint density at radius 3 is 2.36 bits per heavy atom. The minimum Gasteiger partial charge on any atom is -0.368 e. The second-order valence-corrected chi connectivity index (χ2v) is 5.45. The van der Waals surface area contributed by atoms with Crippen LogP contribution < -0.4 is 11.1 Å². The van der Waals surface area contributed by atoms with Crippen molar-refractivity contribution in [2.75, 3.05) is 0 Å². The highest BCUT2D eigenvalue weighted by molar-refractivity contribution is 5.96. The van der Waals surface area contributed by atoms with E-state index in [1.54, 1.807) is 37.4 Å². The summed E-state index contributed by atoms with van der Waals surface area (Å²) in [5.41, 5.74) is 7.27. The van der Waals surface area contributed by atoms with Crippen LogP contribution in [0.25, 0.3) is 0 Å². The predicted molar refractivity (Wildman–Crippen MR) is 83.1 cm³/mol. The fourth-order valence-electron chi connectivity index (χ4n) is 2.15. The Morgan fingerprint density at radius 2 is 1.86 bits per heavy atom. The monoisotopic (exact) mass is 300 g/mol. The fourth-order valence-corrected chi connectivity index (χ4v) is 2.15. The molecule has 0 spiro atoms. The Bertz CT molecular complexity index is 677. The fraction of sp³-hybridized carbons (Fsp3) is 0.312. The number of nitrogens with two attached hydrogens (primary N) is 1. The van der Waals surface area contributed by atoms with Crippen molar-refractivity contribution in [1.82, 2.24) is 15.1 Å². The number of hydrogen-bond donors (Lipinski definition) is 2. The van der Waals surface area contributed by atoms with Crippen molar-refractivity contribution in [3.63, 3.8) is 0 Å². The molecule has 0 aliphatic carbocycles. The molecule has 0 bridgehead atoms. The van der Waals surface area contributed by atoms with Gasteiger partial charge in [-0.05, 0) is 17.5 Å². The molecule has 1 heterocycles. The summed E-state index contributed by atoms with van der Waals surface area (Å²) in [6, 6.07) is 9.77. The summed E-state index contributed by atoms with van der Waals surface area (Å²) < 4.78 is 1.51. The number of aryl methyl sites for hydroxylation is 1. The number of primary amides is 1. The summed E-state index contributed by atoms with van der Waals surface area (Å²) in [5.74, 6) is -0.769. The molecule has 1 aromatic carbocycles. The third kappa shape index (κ3) is 3.33. The average Bonchev–Trinajstić information content (AvgIpc) is 2.87. The molecule has 0 saturated heterocycles. The average molecular weight is 300 g/mol. The number of nitrogens with one attached hydrogen (secondary N) is 1. The van der Waals surface area contributed by atoms with Gasteiger partial charge in [0.1, 0.15) is 11.7 Å². The number of carbonyl (C=O) groups excluding carboxylic acids is 2. The number of aromatic nitrogens is 2. The summed E-state index contributed by atoms with van der Waals surface area (Å²) in [5, 5.41) is 6.96. The zero-order valence-corrected chi connectivity index (χ0v) is 12.9. The lowest BCUT2D eigenvalue weighted by atomic mass is 10.1. The van der Waals surface area contributed by atoms with Crippen LogP contribution >= 0.6 is 0 Å². The van der Waals surface area contributed by atoms with E-state index in [9.17, 15) is 9.59 Å². The largest absolute Gasteiger partial charge is 0.368 e. The van der Waals surface area contributed by atoms with Crippen LogP contribution in [0.5, 0.6) is 0 Å². The minimum atomic E-state index is -0.869. The molecule has 2 amide bonds. The van der Waals surface area contributed by atoms with Gasteiger partial charge in [0.05, 0.1) is 5.69 Å². The van der Waals surface area contributed by atoms with Crippen LogP contribution in [0.4, 0.5) is 0 Å². The van der Waals surface area contributed by atoms with Crippen LogP contribution in [0, 0.1) is 0 Å². The maximum atomic E-state index is 12.4. The summed E-state index contributed by atoms with van der Waals surface area (Å²) in [4.78, 5) is 24.1. The standard InChI is InChI=1S/C16H20N4O2/c1-10(2)12-9-13(20(3)19-12)16(22)18-14(15(17)21)11-7-5-4-6-8-11/h4-10,14H,1-3H3,(H2,17,21)(H,18,22)/t14-/m0/s1. The van der Waals surface area contributed by atoms with Crippen molar-refractivity contribution in [2.45, 2.75) is 25.8 Å². The van der Waals surface area contributed by atoms with Gasteiger partial charge in [0.2, 0.25) is 5.91 Å². The van der Waals surface area contributed by atoms with Crippen LogP contribution in [-0.4, -0.2) is 21.6 Å². The summed E-state index contributed by atoms with van der Waals surface area (Å²) >= 11 is 0. The van der Waals surface area contributed by atoms with Gasteiger partial charge in [-0.25, -0.2) is 0 Å². The molecule has 0 aliphatic heterocycles. The molecule has 3 N–H and O–H groups in total. The Kier molecular flexibility index (Phi) is 4.60. The number of nitrogens with zero attached hydrogens (tertiary/aromatic N) is 2. The first-order chi connectivity index (χ1) is 10.4. The topological polar surface area (TPSA) is 90.0 Å². The van der Waals surface area contributed by atoms with E-state index in [0.717, 1.165) is 5.69 Å². The SMILES string of the molecule is CC(C)c1cc(C(=O)N[C@H](C(N)=O)c2ccccc2)n(C)n1. The highest BCUT2D eigenvalue weighted by Gasteiger charge is 2.23. The van der Waals surface area contributed by atoms with E-state index in [-0.39, 0.29) is 11.8 Å². The van der Waals surface area contributed by atoms with E-state index in [0.29, 0.717) is 11.3 Å². The first-order valence-electron chi connectivity index (χ1n) is 7.09. The highest BCUT2D eigenvalue weighted by Crippen LogP contribution is 2.16. The lowest BCUT2D eigenvalue weighted by Gasteiger charge is -2.15. The molecule has 6 heteroatoms. The third-order valence-corrected chi connectivity index (χ3v) is 3.42. The van der Waals surface area contributed by atoms with Gasteiger partial charge in [-0.1, -0.05) is 44.2 Å². The van der Waals surface area contributed by atoms with Crippen LogP contribution in [0.1, 0.15) is 47.6 Å². The van der Waals surface area contributed by atoms with Gasteiger partial charge in [0.25, 0.3) is 5.91 Å². The van der Waals surface area contributed by atoms with E-state index in [1.165, 1.54) is 4.68 Å². The molecule has 0 unspecified atom stereocenters. The van der Waals surface area contributed by atoms with Crippen molar-refractivity contribution in [1.29, 1.82) is 0 Å². The number of benzene rings is 1. The Labute approximate surface area is 129 Å². The van der Waals surface area contributed by atoms with Gasteiger partial charge < -0.3 is 11.1 Å². The maximum absolute atomic E-state index is 12.4. The quantitative estimate of drug-likeness (QED) is 0.876. The van der Waals surface area contributed by atoms with Gasteiger partial charge in [-0.2, -0.15) is 5.10 Å². The van der Waals surface area contributed by atoms with Crippen LogP contribution in [0.15, 0.2) is 36.4 Å². The summed E-state index contributed by atoms with van der Waals surface area (Å²) in [6.45, 7) is 4.00. The maximum Gasteiger partial charge on any atom is 0.270 e. The first kappa shape index (κ1) is 15.8. The smallest absolute Gasteiger partial charge is 0.270 e. The number of rotatable bonds is 5. The second-order valence-electron chi connectivity index (χ2n) is 5.45. The Hall–Kier alpha value is -2.63. The number of amides is 2. The first-order valence-corrected chi connectivity index (χ1v) is 7.09. The second kappa shape index (κ2) is 6.43. The predicted octanol–water partition coefficient (Wildman–Crippen LogP) is 1.50. The molecule has 1 aromatic heterocycles. The van der Waals surface area contributed by atoms with Gasteiger partial charge in [-0.3, -0.25) is 14.3 Å². The van der Waals surface area contributed by atoms with Crippen molar-refractivity contribution in [3.8, 4) is 0 Å². The lowest BCUT2D eigenvalue weighted by molar-refractivity contribution is -0.120. The van der Waals surface area contributed by atoms with E-state index < -0.39 is 11.9 Å². The van der Waals surface area contributed by atoms with Gasteiger partial charge >= 0.3 is 0 Å². The van der Waals surface area contributed by atoms with Crippen molar-refractivity contribution in [2.24, 2.45) is 12.8 Å². The van der Waals surface area contributed by atoms with E-state index in [4.69, 9.17) is 5.73 Å². The lowest BCUT2D eigenvalue weighted by Crippen LogP contribution is -2.38. The van der Waals surface area contributed by atoms with Gasteiger partial charge in [0, 0.05) is 7.05 Å². The van der Waals surface area contributed by atoms with Crippen molar-refractivity contribution >= 4 is 11.8 Å². The third-order valence-electron chi connectivity index (χ3n) is 3.42. The Morgan fingerprint density at radius 1 is 1.23 bits per heavy atom. The summed E-state index contributed by atoms with van der Waals surface area (Å²) in [7, 11) is 1.70. The zero-order valence-electron chi connectivity index (χ0n) is 12.9. The minimum absolute atomic E-state index is 0.216. The van der Waals surface area contributed by atoms with E-state index in [1.807, 2.05) is 19.9 Å². The molecule has 116 valence electrons. The van der Waals surface area contributed by atoms with Crippen molar-refractivity contribution in [3.05, 3.63) is 53.3 Å². The number of hydrogen-bond acceptors (Lipinski definition) is 3. The molecule has 0 aliphatic rings. The van der Waals surface area contributed by atoms with Crippen LogP contribution in [0.2, 0.25) is 0 Å². The molecule has 0 fully saturated rings. The molecule has 0 saturated carbocycles. The molecular formula is C16H20N4O2. The van der Waals surface area contributed by atoms with Crippen molar-refractivity contribution < 1.29 is 9.59 Å². The molecular weight excluding hydrogens is 280 g/mol. The Balaban J connectivity index is 2.24. The molecule has 22 heavy (non-hydrogen) atoms. The molecule has 0 radical (unpaired) electrons. The van der Waals surface area contributed by atoms with E-state index in [2.05, 4.69) is 10.4 Å². The normalized spacial score (nSPS) is 12.2. The highest BCUT2D eigenvalue weighted by atomic mass is 16.2. The summed E-state index contributed by atoms with van der Waals surface area (Å²) in [6.07, 6.45) is 0. The van der Waals surface area contributed by atoms with Crippen LogP contribution in [0.3, 0.4) is 0 Å².